The third-order valence-corrected chi connectivity index (χ3v) is 4.04. The fourth-order valence-corrected chi connectivity index (χ4v) is 3.06. The minimum absolute atomic E-state index is 0.275. The van der Waals surface area contributed by atoms with E-state index in [0.717, 1.165) is 25.7 Å². The predicted molar refractivity (Wildman–Crippen MR) is 57.6 cm³/mol. The lowest BCUT2D eigenvalue weighted by molar-refractivity contribution is -0.140. The van der Waals surface area contributed by atoms with Gasteiger partial charge in [-0.05, 0) is 43.1 Å². The summed E-state index contributed by atoms with van der Waals surface area (Å²) in [6, 6.07) is 0.168. The molecule has 0 amide bonds. The number of carbonyl (C=O) groups is 1. The molecule has 0 spiro atoms. The molecule has 0 aromatic heterocycles. The zero-order chi connectivity index (χ0) is 9.97. The van der Waals surface area contributed by atoms with Crippen LogP contribution in [0.5, 0.6) is 0 Å². The van der Waals surface area contributed by atoms with Crippen molar-refractivity contribution in [2.75, 3.05) is 11.5 Å². The van der Waals surface area contributed by atoms with E-state index in [-0.39, 0.29) is 6.04 Å². The van der Waals surface area contributed by atoms with Crippen LogP contribution in [0.15, 0.2) is 0 Å². The van der Waals surface area contributed by atoms with Gasteiger partial charge in [0, 0.05) is 6.04 Å². The molecule has 1 unspecified atom stereocenters. The van der Waals surface area contributed by atoms with E-state index in [1.807, 2.05) is 11.8 Å². The van der Waals surface area contributed by atoms with Gasteiger partial charge in [0.25, 0.3) is 0 Å². The van der Waals surface area contributed by atoms with Crippen molar-refractivity contribution in [1.29, 1.82) is 0 Å². The highest BCUT2D eigenvalue weighted by atomic mass is 32.2. The van der Waals surface area contributed by atoms with E-state index in [1.165, 1.54) is 11.5 Å². The van der Waals surface area contributed by atoms with Gasteiger partial charge in [0.15, 0.2) is 0 Å². The summed E-state index contributed by atoms with van der Waals surface area (Å²) in [6.45, 7) is 0. The van der Waals surface area contributed by atoms with Gasteiger partial charge in [0.05, 0.1) is 0 Å². The van der Waals surface area contributed by atoms with Crippen molar-refractivity contribution in [3.8, 4) is 0 Å². The summed E-state index contributed by atoms with van der Waals surface area (Å²) in [4.78, 5) is 11.0. The van der Waals surface area contributed by atoms with E-state index >= 15 is 0 Å². The average Bonchev–Trinajstić information content (AvgIpc) is 2.99. The smallest absolute Gasteiger partial charge is 0.320 e. The van der Waals surface area contributed by atoms with Crippen LogP contribution in [0.4, 0.5) is 0 Å². The van der Waals surface area contributed by atoms with Crippen LogP contribution in [0, 0.1) is 5.92 Å². The van der Waals surface area contributed by atoms with Gasteiger partial charge in [-0.2, -0.15) is 11.8 Å². The van der Waals surface area contributed by atoms with Crippen molar-refractivity contribution in [1.82, 2.24) is 5.32 Å². The average molecular weight is 215 g/mol. The zero-order valence-electron chi connectivity index (χ0n) is 8.24. The second-order valence-electron chi connectivity index (χ2n) is 4.21. The van der Waals surface area contributed by atoms with E-state index in [0.29, 0.717) is 12.0 Å². The molecule has 3 nitrogen and oxygen atoms in total. The van der Waals surface area contributed by atoms with E-state index in [2.05, 4.69) is 5.32 Å². The summed E-state index contributed by atoms with van der Waals surface area (Å²) < 4.78 is 0. The van der Waals surface area contributed by atoms with Crippen LogP contribution in [0.3, 0.4) is 0 Å². The Morgan fingerprint density at radius 3 is 2.43 bits per heavy atom. The van der Waals surface area contributed by atoms with Crippen LogP contribution < -0.4 is 5.32 Å². The Bertz CT molecular complexity index is 212. The maximum Gasteiger partial charge on any atom is 0.320 e. The molecule has 2 N–H and O–H groups in total. The lowest BCUT2D eigenvalue weighted by Crippen LogP contribution is -2.46. The minimum Gasteiger partial charge on any atom is -0.480 e. The van der Waals surface area contributed by atoms with Crippen molar-refractivity contribution in [2.24, 2.45) is 5.92 Å². The molecule has 2 rings (SSSR count). The Kier molecular flexibility index (Phi) is 3.34. The normalized spacial score (nSPS) is 26.0. The fourth-order valence-electron chi connectivity index (χ4n) is 1.96. The lowest BCUT2D eigenvalue weighted by Gasteiger charge is -2.26. The number of aliphatic carboxylic acids is 1. The molecule has 14 heavy (non-hydrogen) atoms. The topological polar surface area (TPSA) is 49.3 Å². The fraction of sp³-hybridized carbons (Fsp3) is 0.900. The first-order valence-electron chi connectivity index (χ1n) is 5.34. The summed E-state index contributed by atoms with van der Waals surface area (Å²) in [7, 11) is 0. The van der Waals surface area contributed by atoms with Gasteiger partial charge >= 0.3 is 5.97 Å². The quantitative estimate of drug-likeness (QED) is 0.743. The van der Waals surface area contributed by atoms with Crippen LogP contribution in [0.1, 0.15) is 25.7 Å². The first-order valence-corrected chi connectivity index (χ1v) is 6.49. The number of rotatable bonds is 4. The molecule has 0 aromatic carbocycles. The summed E-state index contributed by atoms with van der Waals surface area (Å²) in [5, 5.41) is 12.4. The maximum atomic E-state index is 11.0. The van der Waals surface area contributed by atoms with E-state index in [4.69, 9.17) is 5.11 Å². The molecule has 80 valence electrons. The van der Waals surface area contributed by atoms with Crippen LogP contribution in [0.25, 0.3) is 0 Å². The largest absolute Gasteiger partial charge is 0.480 e. The second kappa shape index (κ2) is 4.53. The van der Waals surface area contributed by atoms with Crippen LogP contribution in [0.2, 0.25) is 0 Å². The highest BCUT2D eigenvalue weighted by molar-refractivity contribution is 7.99. The molecule has 4 heteroatoms. The highest BCUT2D eigenvalue weighted by Gasteiger charge is 2.37. The number of hydrogen-bond acceptors (Lipinski definition) is 3. The van der Waals surface area contributed by atoms with Crippen LogP contribution in [-0.4, -0.2) is 34.7 Å². The lowest BCUT2D eigenvalue weighted by atomic mass is 10.1. The van der Waals surface area contributed by atoms with Gasteiger partial charge in [-0.1, -0.05) is 0 Å². The molecule has 0 bridgehead atoms. The number of hydrogen-bond donors (Lipinski definition) is 2. The number of carboxylic acid groups (broad SMARTS) is 1. The Hall–Kier alpha value is -0.220. The van der Waals surface area contributed by atoms with Gasteiger partial charge in [0.2, 0.25) is 0 Å². The third-order valence-electron chi connectivity index (χ3n) is 3.00. The first-order chi connectivity index (χ1) is 6.77. The highest BCUT2D eigenvalue weighted by Crippen LogP contribution is 2.33. The Morgan fingerprint density at radius 1 is 1.29 bits per heavy atom. The standard InChI is InChI=1S/C10H17NO2S/c12-10(13)9(7-1-2-7)11-8-3-5-14-6-4-8/h7-9,11H,1-6H2,(H,12,13). The molecule has 1 heterocycles. The zero-order valence-corrected chi connectivity index (χ0v) is 9.05. The predicted octanol–water partition coefficient (Wildman–Crippen LogP) is 1.33. The number of thioether (sulfide) groups is 1. The Labute approximate surface area is 88.6 Å². The molecule has 0 radical (unpaired) electrons. The summed E-state index contributed by atoms with van der Waals surface area (Å²) in [5.41, 5.74) is 0. The molecular weight excluding hydrogens is 198 g/mol. The van der Waals surface area contributed by atoms with Crippen molar-refractivity contribution >= 4 is 17.7 Å². The van der Waals surface area contributed by atoms with E-state index < -0.39 is 5.97 Å². The van der Waals surface area contributed by atoms with E-state index in [9.17, 15) is 4.79 Å². The Morgan fingerprint density at radius 2 is 1.93 bits per heavy atom. The monoisotopic (exact) mass is 215 g/mol. The van der Waals surface area contributed by atoms with Crippen LogP contribution >= 0.6 is 11.8 Å². The van der Waals surface area contributed by atoms with Gasteiger partial charge < -0.3 is 10.4 Å². The van der Waals surface area contributed by atoms with Crippen molar-refractivity contribution in [3.63, 3.8) is 0 Å². The summed E-state index contributed by atoms with van der Waals surface area (Å²) in [6.07, 6.45) is 4.43. The molecule has 2 fully saturated rings. The van der Waals surface area contributed by atoms with Gasteiger partial charge in [0.1, 0.15) is 6.04 Å². The first kappa shape index (κ1) is 10.3. The molecule has 1 atom stereocenters. The molecular formula is C10H17NO2S. The molecule has 1 aliphatic carbocycles. The van der Waals surface area contributed by atoms with Gasteiger partial charge in [-0.15, -0.1) is 0 Å². The summed E-state index contributed by atoms with van der Waals surface area (Å²) in [5.74, 6) is 2.09. The van der Waals surface area contributed by atoms with Crippen LogP contribution in [-0.2, 0) is 4.79 Å². The molecule has 2 aliphatic rings. The number of nitrogens with one attached hydrogen (secondary N) is 1. The van der Waals surface area contributed by atoms with Crippen molar-refractivity contribution in [3.05, 3.63) is 0 Å². The SMILES string of the molecule is O=C(O)C(NC1CCSCC1)C1CC1. The molecule has 1 saturated heterocycles. The Balaban J connectivity index is 1.82. The van der Waals surface area contributed by atoms with Crippen molar-refractivity contribution in [2.45, 2.75) is 37.8 Å². The molecule has 1 saturated carbocycles. The maximum absolute atomic E-state index is 11.0. The minimum atomic E-state index is -0.661. The summed E-state index contributed by atoms with van der Waals surface area (Å²) >= 11 is 1.97. The van der Waals surface area contributed by atoms with E-state index in [1.54, 1.807) is 0 Å². The van der Waals surface area contributed by atoms with Gasteiger partial charge in [-0.3, -0.25) is 4.79 Å². The third kappa shape index (κ3) is 2.64. The molecule has 0 aromatic rings. The van der Waals surface area contributed by atoms with Gasteiger partial charge in [-0.25, -0.2) is 0 Å². The molecule has 1 aliphatic heterocycles. The van der Waals surface area contributed by atoms with Crippen molar-refractivity contribution < 1.29 is 9.90 Å². The number of carboxylic acids is 1. The second-order valence-corrected chi connectivity index (χ2v) is 5.43.